The molecule has 2 N–H and O–H groups in total. The van der Waals surface area contributed by atoms with Gasteiger partial charge in [-0.3, -0.25) is 9.69 Å². The Morgan fingerprint density at radius 2 is 2.20 bits per heavy atom. The van der Waals surface area contributed by atoms with Crippen molar-refractivity contribution >= 4 is 24.0 Å². The van der Waals surface area contributed by atoms with Crippen molar-refractivity contribution in [3.8, 4) is 0 Å². The van der Waals surface area contributed by atoms with Crippen molar-refractivity contribution in [3.63, 3.8) is 0 Å². The van der Waals surface area contributed by atoms with E-state index in [-0.39, 0.29) is 18.7 Å². The molecule has 0 bridgehead atoms. The van der Waals surface area contributed by atoms with Gasteiger partial charge in [-0.1, -0.05) is 12.1 Å². The molecule has 0 radical (unpaired) electrons. The predicted octanol–water partition coefficient (Wildman–Crippen LogP) is 0.975. The first kappa shape index (κ1) is 13.7. The topological polar surface area (TPSA) is 86.7 Å². The van der Waals surface area contributed by atoms with Crippen LogP contribution in [0.5, 0.6) is 0 Å². The number of urea groups is 1. The van der Waals surface area contributed by atoms with E-state index in [2.05, 4.69) is 5.32 Å². The van der Waals surface area contributed by atoms with Crippen molar-refractivity contribution in [3.05, 3.63) is 41.2 Å². The first-order valence-corrected chi connectivity index (χ1v) is 5.75. The Morgan fingerprint density at radius 1 is 1.45 bits per heavy atom. The molecule has 104 valence electrons. The number of hydrogen-bond donors (Lipinski definition) is 2. The normalized spacial score (nSPS) is 14.9. The summed E-state index contributed by atoms with van der Waals surface area (Å²) >= 11 is 0. The molecule has 1 fully saturated rings. The van der Waals surface area contributed by atoms with Crippen LogP contribution in [-0.4, -0.2) is 34.5 Å². The molecule has 1 saturated heterocycles. The molecule has 3 amide bonds. The van der Waals surface area contributed by atoms with Crippen molar-refractivity contribution < 1.29 is 23.9 Å². The number of benzene rings is 1. The number of amides is 3. The van der Waals surface area contributed by atoms with E-state index < -0.39 is 23.7 Å². The van der Waals surface area contributed by atoms with E-state index in [4.69, 9.17) is 5.11 Å². The monoisotopic (exact) mass is 278 g/mol. The molecule has 1 aromatic rings. The lowest BCUT2D eigenvalue weighted by molar-refractivity contribution is -0.131. The van der Waals surface area contributed by atoms with Crippen LogP contribution < -0.4 is 5.32 Å². The number of rotatable bonds is 4. The molecule has 0 atom stereocenters. The molecule has 1 aliphatic rings. The van der Waals surface area contributed by atoms with Crippen LogP contribution in [0.2, 0.25) is 0 Å². The number of carbonyl (C=O) groups is 3. The highest BCUT2D eigenvalue weighted by Gasteiger charge is 2.28. The third kappa shape index (κ3) is 3.00. The number of halogens is 1. The average molecular weight is 278 g/mol. The van der Waals surface area contributed by atoms with Gasteiger partial charge in [0.1, 0.15) is 5.82 Å². The minimum atomic E-state index is -1.13. The van der Waals surface area contributed by atoms with Crippen LogP contribution in [0.25, 0.3) is 6.08 Å². The molecule has 0 aliphatic carbocycles. The van der Waals surface area contributed by atoms with Crippen LogP contribution in [-0.2, 0) is 16.1 Å². The number of hydrogen-bond acceptors (Lipinski definition) is 3. The molecule has 6 nitrogen and oxygen atoms in total. The van der Waals surface area contributed by atoms with Gasteiger partial charge in [0.2, 0.25) is 5.91 Å². The standard InChI is InChI=1S/C13H11FN2O4/c14-10-5-8(2-4-12(18)19)1-3-9(10)7-16-11(17)6-15-13(16)20/h1-5H,6-7H2,(H,15,20)(H,18,19). The highest BCUT2D eigenvalue weighted by molar-refractivity contribution is 6.01. The fourth-order valence-corrected chi connectivity index (χ4v) is 1.75. The van der Waals surface area contributed by atoms with Crippen LogP contribution in [0.4, 0.5) is 9.18 Å². The maximum atomic E-state index is 13.8. The third-order valence-electron chi connectivity index (χ3n) is 2.76. The summed E-state index contributed by atoms with van der Waals surface area (Å²) < 4.78 is 13.8. The Kier molecular flexibility index (Phi) is 3.79. The fourth-order valence-electron chi connectivity index (χ4n) is 1.75. The number of carboxylic acids is 1. The van der Waals surface area contributed by atoms with Gasteiger partial charge in [0, 0.05) is 11.6 Å². The zero-order valence-corrected chi connectivity index (χ0v) is 10.3. The SMILES string of the molecule is O=C(O)C=Cc1ccc(CN2C(=O)CNC2=O)c(F)c1. The van der Waals surface area contributed by atoms with Crippen molar-refractivity contribution in [2.45, 2.75) is 6.54 Å². The summed E-state index contributed by atoms with van der Waals surface area (Å²) in [7, 11) is 0. The molecule has 0 saturated carbocycles. The van der Waals surface area contributed by atoms with Gasteiger partial charge < -0.3 is 10.4 Å². The molecule has 20 heavy (non-hydrogen) atoms. The van der Waals surface area contributed by atoms with E-state index in [0.29, 0.717) is 5.56 Å². The Bertz CT molecular complexity index is 596. The van der Waals surface area contributed by atoms with Gasteiger partial charge in [0.25, 0.3) is 0 Å². The summed E-state index contributed by atoms with van der Waals surface area (Å²) in [4.78, 5) is 34.0. The molecular weight excluding hydrogens is 267 g/mol. The average Bonchev–Trinajstić information content (AvgIpc) is 2.70. The van der Waals surface area contributed by atoms with E-state index in [9.17, 15) is 18.8 Å². The Hall–Kier alpha value is -2.70. The molecular formula is C13H11FN2O4. The van der Waals surface area contributed by atoms with Crippen LogP contribution in [0.1, 0.15) is 11.1 Å². The molecule has 1 heterocycles. The number of carbonyl (C=O) groups excluding carboxylic acids is 2. The predicted molar refractivity (Wildman–Crippen MR) is 67.0 cm³/mol. The number of imide groups is 1. The summed E-state index contributed by atoms with van der Waals surface area (Å²) in [5.74, 6) is -2.15. The first-order chi connectivity index (χ1) is 9.47. The molecule has 0 aromatic heterocycles. The Morgan fingerprint density at radius 3 is 2.75 bits per heavy atom. The summed E-state index contributed by atoms with van der Waals surface area (Å²) in [5, 5.41) is 10.8. The lowest BCUT2D eigenvalue weighted by atomic mass is 10.1. The highest BCUT2D eigenvalue weighted by atomic mass is 19.1. The number of nitrogens with zero attached hydrogens (tertiary/aromatic N) is 1. The van der Waals surface area contributed by atoms with Crippen LogP contribution in [0.15, 0.2) is 24.3 Å². The van der Waals surface area contributed by atoms with Crippen molar-refractivity contribution in [1.29, 1.82) is 0 Å². The van der Waals surface area contributed by atoms with E-state index in [1.807, 2.05) is 0 Å². The minimum absolute atomic E-state index is 0.0834. The Balaban J connectivity index is 2.16. The number of nitrogens with one attached hydrogen (secondary N) is 1. The smallest absolute Gasteiger partial charge is 0.328 e. The van der Waals surface area contributed by atoms with Gasteiger partial charge in [-0.15, -0.1) is 0 Å². The number of carboxylic acid groups (broad SMARTS) is 1. The summed E-state index contributed by atoms with van der Waals surface area (Å²) in [5.41, 5.74) is 0.564. The van der Waals surface area contributed by atoms with Gasteiger partial charge in [-0.2, -0.15) is 0 Å². The highest BCUT2D eigenvalue weighted by Crippen LogP contribution is 2.15. The van der Waals surface area contributed by atoms with Crippen molar-refractivity contribution in [2.75, 3.05) is 6.54 Å². The van der Waals surface area contributed by atoms with Crippen LogP contribution in [0, 0.1) is 5.82 Å². The Labute approximate surface area is 113 Å². The quantitative estimate of drug-likeness (QED) is 0.635. The number of aliphatic carboxylic acids is 1. The van der Waals surface area contributed by atoms with Crippen LogP contribution >= 0.6 is 0 Å². The lowest BCUT2D eigenvalue weighted by Gasteiger charge is -2.13. The first-order valence-electron chi connectivity index (χ1n) is 5.75. The second-order valence-electron chi connectivity index (χ2n) is 4.16. The zero-order chi connectivity index (χ0) is 14.7. The van der Waals surface area contributed by atoms with E-state index in [1.165, 1.54) is 18.2 Å². The van der Waals surface area contributed by atoms with Crippen LogP contribution in [0.3, 0.4) is 0 Å². The third-order valence-corrected chi connectivity index (χ3v) is 2.76. The largest absolute Gasteiger partial charge is 0.478 e. The van der Waals surface area contributed by atoms with Gasteiger partial charge in [-0.25, -0.2) is 14.0 Å². The molecule has 1 aliphatic heterocycles. The molecule has 1 aromatic carbocycles. The maximum absolute atomic E-state index is 13.8. The van der Waals surface area contributed by atoms with Gasteiger partial charge >= 0.3 is 12.0 Å². The minimum Gasteiger partial charge on any atom is -0.478 e. The van der Waals surface area contributed by atoms with Gasteiger partial charge in [0.05, 0.1) is 13.1 Å². The second-order valence-corrected chi connectivity index (χ2v) is 4.16. The zero-order valence-electron chi connectivity index (χ0n) is 10.3. The van der Waals surface area contributed by atoms with E-state index in [1.54, 1.807) is 0 Å². The summed E-state index contributed by atoms with van der Waals surface area (Å²) in [6, 6.07) is 3.52. The second kappa shape index (κ2) is 5.52. The molecule has 2 rings (SSSR count). The van der Waals surface area contributed by atoms with Gasteiger partial charge in [-0.05, 0) is 17.7 Å². The fraction of sp³-hybridized carbons (Fsp3) is 0.154. The molecule has 0 spiro atoms. The maximum Gasteiger partial charge on any atom is 0.328 e. The van der Waals surface area contributed by atoms with E-state index in [0.717, 1.165) is 17.0 Å². The van der Waals surface area contributed by atoms with Crippen molar-refractivity contribution in [1.82, 2.24) is 10.2 Å². The lowest BCUT2D eigenvalue weighted by Crippen LogP contribution is -2.30. The van der Waals surface area contributed by atoms with Crippen molar-refractivity contribution in [2.24, 2.45) is 0 Å². The summed E-state index contributed by atoms with van der Waals surface area (Å²) in [6.45, 7) is -0.237. The molecule has 0 unspecified atom stereocenters. The van der Waals surface area contributed by atoms with Gasteiger partial charge in [0.15, 0.2) is 0 Å². The molecule has 7 heteroatoms. The summed E-state index contributed by atoms with van der Waals surface area (Å²) in [6.07, 6.45) is 2.15. The van der Waals surface area contributed by atoms with E-state index >= 15 is 0 Å².